The van der Waals surface area contributed by atoms with Crippen molar-refractivity contribution in [3.05, 3.63) is 59.2 Å². The fraction of sp³-hybridized carbons (Fsp3) is 0.368. The molecule has 2 heteroatoms. The van der Waals surface area contributed by atoms with Gasteiger partial charge in [-0.1, -0.05) is 45.0 Å². The van der Waals surface area contributed by atoms with E-state index in [9.17, 15) is 0 Å². The topological polar surface area (TPSA) is 9.23 Å². The molecule has 0 aliphatic rings. The van der Waals surface area contributed by atoms with Gasteiger partial charge in [-0.2, -0.15) is 0 Å². The number of hydrogen-bond donors (Lipinski definition) is 0. The molecule has 0 spiro atoms. The summed E-state index contributed by atoms with van der Waals surface area (Å²) >= 11 is 5.84. The minimum atomic E-state index is 0.205. The first-order valence-electron chi connectivity index (χ1n) is 7.40. The predicted octanol–water partition coefficient (Wildman–Crippen LogP) is 6.21. The van der Waals surface area contributed by atoms with E-state index in [2.05, 4.69) is 39.0 Å². The van der Waals surface area contributed by atoms with Crippen LogP contribution in [0.1, 0.15) is 43.9 Å². The maximum Gasteiger partial charge on any atom is 0.130 e. The molecule has 0 aromatic heterocycles. The third kappa shape index (κ3) is 3.79. The first kappa shape index (κ1) is 15.9. The summed E-state index contributed by atoms with van der Waals surface area (Å²) < 4.78 is 5.97. The number of aryl methyl sites for hydroxylation is 1. The Kier molecular flexibility index (Phi) is 4.95. The summed E-state index contributed by atoms with van der Waals surface area (Å²) in [5.41, 5.74) is 3.76. The molecule has 2 aromatic rings. The molecule has 112 valence electrons. The highest BCUT2D eigenvalue weighted by atomic mass is 35.5. The zero-order valence-corrected chi connectivity index (χ0v) is 14.0. The molecule has 0 bridgehead atoms. The fourth-order valence-electron chi connectivity index (χ4n) is 2.21. The SMILES string of the molecule is CCC(C)(C)c1ccc(Oc2ccc(CCl)cc2C)cc1. The summed E-state index contributed by atoms with van der Waals surface area (Å²) in [6, 6.07) is 14.4. The summed E-state index contributed by atoms with van der Waals surface area (Å²) in [7, 11) is 0. The Balaban J connectivity index is 2.17. The summed E-state index contributed by atoms with van der Waals surface area (Å²) in [5, 5.41) is 0. The third-order valence-electron chi connectivity index (χ3n) is 4.14. The highest BCUT2D eigenvalue weighted by molar-refractivity contribution is 6.17. The lowest BCUT2D eigenvalue weighted by molar-refractivity contribution is 0.475. The van der Waals surface area contributed by atoms with Crippen molar-refractivity contribution in [1.29, 1.82) is 0 Å². The molecule has 0 radical (unpaired) electrons. The maximum absolute atomic E-state index is 5.97. The summed E-state index contributed by atoms with van der Waals surface area (Å²) in [6.45, 7) is 8.78. The second-order valence-corrected chi connectivity index (χ2v) is 6.36. The molecule has 21 heavy (non-hydrogen) atoms. The van der Waals surface area contributed by atoms with Crippen LogP contribution in [-0.2, 0) is 11.3 Å². The van der Waals surface area contributed by atoms with Crippen LogP contribution in [0.15, 0.2) is 42.5 Å². The lowest BCUT2D eigenvalue weighted by atomic mass is 9.82. The van der Waals surface area contributed by atoms with Crippen LogP contribution in [0.2, 0.25) is 0 Å². The first-order chi connectivity index (χ1) is 9.96. The lowest BCUT2D eigenvalue weighted by Gasteiger charge is -2.23. The van der Waals surface area contributed by atoms with Gasteiger partial charge in [0.15, 0.2) is 0 Å². The quantitative estimate of drug-likeness (QED) is 0.596. The van der Waals surface area contributed by atoms with Crippen LogP contribution in [0.25, 0.3) is 0 Å². The normalized spacial score (nSPS) is 11.5. The van der Waals surface area contributed by atoms with E-state index in [0.717, 1.165) is 29.0 Å². The first-order valence-corrected chi connectivity index (χ1v) is 7.93. The Bertz CT molecular complexity index is 599. The Morgan fingerprint density at radius 1 is 1.05 bits per heavy atom. The molecule has 0 saturated heterocycles. The van der Waals surface area contributed by atoms with E-state index in [1.807, 2.05) is 31.2 Å². The van der Waals surface area contributed by atoms with Crippen molar-refractivity contribution in [3.8, 4) is 11.5 Å². The smallest absolute Gasteiger partial charge is 0.130 e. The number of alkyl halides is 1. The van der Waals surface area contributed by atoms with Crippen LogP contribution in [-0.4, -0.2) is 0 Å². The standard InChI is InChI=1S/C19H23ClO/c1-5-19(3,4)16-7-9-17(10-8-16)21-18-11-6-15(13-20)12-14(18)2/h6-12H,5,13H2,1-4H3. The van der Waals surface area contributed by atoms with Gasteiger partial charge in [0.2, 0.25) is 0 Å². The van der Waals surface area contributed by atoms with Gasteiger partial charge in [-0.05, 0) is 53.6 Å². The number of benzene rings is 2. The molecule has 0 N–H and O–H groups in total. The van der Waals surface area contributed by atoms with Crippen molar-refractivity contribution in [2.45, 2.75) is 45.4 Å². The zero-order valence-electron chi connectivity index (χ0n) is 13.2. The Morgan fingerprint density at radius 3 is 2.24 bits per heavy atom. The minimum Gasteiger partial charge on any atom is -0.457 e. The number of hydrogen-bond acceptors (Lipinski definition) is 1. The molecule has 0 heterocycles. The zero-order chi connectivity index (χ0) is 15.5. The Labute approximate surface area is 132 Å². The predicted molar refractivity (Wildman–Crippen MR) is 90.6 cm³/mol. The van der Waals surface area contributed by atoms with E-state index in [1.54, 1.807) is 0 Å². The van der Waals surface area contributed by atoms with Gasteiger partial charge in [-0.15, -0.1) is 11.6 Å². The average Bonchev–Trinajstić information content (AvgIpc) is 2.50. The van der Waals surface area contributed by atoms with Crippen LogP contribution in [0.5, 0.6) is 11.5 Å². The molecule has 2 aromatic carbocycles. The van der Waals surface area contributed by atoms with Gasteiger partial charge in [0.1, 0.15) is 11.5 Å². The van der Waals surface area contributed by atoms with E-state index >= 15 is 0 Å². The molecule has 1 nitrogen and oxygen atoms in total. The van der Waals surface area contributed by atoms with Crippen molar-refractivity contribution in [3.63, 3.8) is 0 Å². The molecular formula is C19H23ClO. The van der Waals surface area contributed by atoms with Gasteiger partial charge in [0, 0.05) is 5.88 Å². The van der Waals surface area contributed by atoms with Gasteiger partial charge in [0.25, 0.3) is 0 Å². The molecular weight excluding hydrogens is 280 g/mol. The van der Waals surface area contributed by atoms with Crippen molar-refractivity contribution in [2.75, 3.05) is 0 Å². The second kappa shape index (κ2) is 6.53. The maximum atomic E-state index is 5.97. The number of ether oxygens (including phenoxy) is 1. The molecule has 0 aliphatic carbocycles. The van der Waals surface area contributed by atoms with Crippen LogP contribution in [0, 0.1) is 6.92 Å². The highest BCUT2D eigenvalue weighted by Gasteiger charge is 2.17. The molecule has 0 atom stereocenters. The van der Waals surface area contributed by atoms with Crippen molar-refractivity contribution < 1.29 is 4.74 Å². The molecule has 0 amide bonds. The molecule has 0 fully saturated rings. The molecule has 2 rings (SSSR count). The highest BCUT2D eigenvalue weighted by Crippen LogP contribution is 2.30. The van der Waals surface area contributed by atoms with E-state index in [1.165, 1.54) is 5.56 Å². The Morgan fingerprint density at radius 2 is 1.71 bits per heavy atom. The van der Waals surface area contributed by atoms with Gasteiger partial charge >= 0.3 is 0 Å². The van der Waals surface area contributed by atoms with Gasteiger partial charge in [0.05, 0.1) is 0 Å². The van der Waals surface area contributed by atoms with E-state index in [-0.39, 0.29) is 5.41 Å². The molecule has 0 aliphatic heterocycles. The van der Waals surface area contributed by atoms with Crippen molar-refractivity contribution in [1.82, 2.24) is 0 Å². The average molecular weight is 303 g/mol. The van der Waals surface area contributed by atoms with E-state index in [4.69, 9.17) is 16.3 Å². The molecule has 0 saturated carbocycles. The monoisotopic (exact) mass is 302 g/mol. The lowest BCUT2D eigenvalue weighted by Crippen LogP contribution is -2.14. The second-order valence-electron chi connectivity index (χ2n) is 6.10. The third-order valence-corrected chi connectivity index (χ3v) is 4.45. The van der Waals surface area contributed by atoms with Crippen molar-refractivity contribution in [2.24, 2.45) is 0 Å². The van der Waals surface area contributed by atoms with E-state index < -0.39 is 0 Å². The summed E-state index contributed by atoms with van der Waals surface area (Å²) in [4.78, 5) is 0. The van der Waals surface area contributed by atoms with Gasteiger partial charge in [-0.3, -0.25) is 0 Å². The van der Waals surface area contributed by atoms with Crippen molar-refractivity contribution >= 4 is 11.6 Å². The Hall–Kier alpha value is -1.47. The number of rotatable bonds is 5. The van der Waals surface area contributed by atoms with Crippen LogP contribution in [0.3, 0.4) is 0 Å². The van der Waals surface area contributed by atoms with Gasteiger partial charge < -0.3 is 4.74 Å². The summed E-state index contributed by atoms with van der Waals surface area (Å²) in [5.74, 6) is 2.28. The van der Waals surface area contributed by atoms with Crippen LogP contribution in [0.4, 0.5) is 0 Å². The minimum absolute atomic E-state index is 0.205. The molecule has 0 unspecified atom stereocenters. The van der Waals surface area contributed by atoms with Crippen LogP contribution < -0.4 is 4.74 Å². The summed E-state index contributed by atoms with van der Waals surface area (Å²) in [6.07, 6.45) is 1.12. The largest absolute Gasteiger partial charge is 0.457 e. The van der Waals surface area contributed by atoms with Crippen LogP contribution >= 0.6 is 11.6 Å². The fourth-order valence-corrected chi connectivity index (χ4v) is 2.38. The van der Waals surface area contributed by atoms with E-state index in [0.29, 0.717) is 5.88 Å². The number of halogens is 1. The van der Waals surface area contributed by atoms with Gasteiger partial charge in [-0.25, -0.2) is 0 Å².